The minimum Gasteiger partial charge on any atom is -0.489 e. The number of amides is 2. The van der Waals surface area contributed by atoms with Crippen molar-refractivity contribution in [2.45, 2.75) is 13.2 Å². The lowest BCUT2D eigenvalue weighted by atomic mass is 10.0. The zero-order valence-electron chi connectivity index (χ0n) is 18.1. The third-order valence-corrected chi connectivity index (χ3v) is 6.87. The summed E-state index contributed by atoms with van der Waals surface area (Å²) in [6, 6.07) is 28.8. The quantitative estimate of drug-likeness (QED) is 0.269. The van der Waals surface area contributed by atoms with E-state index in [1.165, 1.54) is 4.90 Å². The molecule has 0 saturated carbocycles. The third kappa shape index (κ3) is 4.72. The van der Waals surface area contributed by atoms with E-state index in [1.54, 1.807) is 6.08 Å². The zero-order valence-corrected chi connectivity index (χ0v) is 19.7. The Labute approximate surface area is 206 Å². The monoisotopic (exact) mass is 485 g/mol. The van der Waals surface area contributed by atoms with Crippen LogP contribution in [0.4, 0.5) is 4.79 Å². The van der Waals surface area contributed by atoms with Crippen molar-refractivity contribution < 1.29 is 14.3 Å². The average molecular weight is 486 g/mol. The van der Waals surface area contributed by atoms with E-state index < -0.39 is 0 Å². The standard InChI is InChI=1S/C28H20ClNO3S/c29-25-14-4-2-9-22(25)18-33-23-12-5-7-19(15-23)16-26-27(31)30(28(32)34-26)17-21-11-6-10-20-8-1-3-13-24(20)21/h1-16H,17-18H2/b26-16-. The second kappa shape index (κ2) is 9.75. The molecule has 4 aromatic rings. The van der Waals surface area contributed by atoms with Gasteiger partial charge in [0.05, 0.1) is 11.4 Å². The molecule has 0 N–H and O–H groups in total. The van der Waals surface area contributed by atoms with Crippen LogP contribution >= 0.6 is 23.4 Å². The molecule has 0 unspecified atom stereocenters. The Kier molecular flexibility index (Phi) is 6.39. The van der Waals surface area contributed by atoms with Crippen LogP contribution in [-0.4, -0.2) is 16.0 Å². The van der Waals surface area contributed by atoms with Crippen molar-refractivity contribution in [2.24, 2.45) is 0 Å². The van der Waals surface area contributed by atoms with Crippen LogP contribution in [0, 0.1) is 0 Å². The van der Waals surface area contributed by atoms with Crippen molar-refractivity contribution in [1.82, 2.24) is 4.90 Å². The van der Waals surface area contributed by atoms with E-state index in [0.717, 1.165) is 39.2 Å². The largest absolute Gasteiger partial charge is 0.489 e. The molecule has 6 heteroatoms. The predicted molar refractivity (Wildman–Crippen MR) is 138 cm³/mol. The molecule has 2 amide bonds. The topological polar surface area (TPSA) is 46.6 Å². The van der Waals surface area contributed by atoms with Gasteiger partial charge in [0, 0.05) is 10.6 Å². The molecule has 168 valence electrons. The summed E-state index contributed by atoms with van der Waals surface area (Å²) in [6.45, 7) is 0.578. The van der Waals surface area contributed by atoms with Gasteiger partial charge in [-0.2, -0.15) is 0 Å². The minimum atomic E-state index is -0.287. The Balaban J connectivity index is 1.33. The molecule has 34 heavy (non-hydrogen) atoms. The van der Waals surface area contributed by atoms with Crippen LogP contribution in [0.3, 0.4) is 0 Å². The first-order valence-electron chi connectivity index (χ1n) is 10.8. The third-order valence-electron chi connectivity index (χ3n) is 5.59. The number of thioether (sulfide) groups is 1. The maximum atomic E-state index is 13.1. The summed E-state index contributed by atoms with van der Waals surface area (Å²) in [4.78, 5) is 27.4. The van der Waals surface area contributed by atoms with Gasteiger partial charge in [0.1, 0.15) is 12.4 Å². The van der Waals surface area contributed by atoms with Crippen molar-refractivity contribution in [3.63, 3.8) is 0 Å². The number of rotatable bonds is 6. The Morgan fingerprint density at radius 2 is 1.59 bits per heavy atom. The number of nitrogens with zero attached hydrogens (tertiary/aromatic N) is 1. The Morgan fingerprint density at radius 3 is 2.47 bits per heavy atom. The molecule has 0 radical (unpaired) electrons. The van der Waals surface area contributed by atoms with Gasteiger partial charge >= 0.3 is 0 Å². The van der Waals surface area contributed by atoms with E-state index in [-0.39, 0.29) is 17.7 Å². The lowest BCUT2D eigenvalue weighted by molar-refractivity contribution is -0.123. The summed E-state index contributed by atoms with van der Waals surface area (Å²) in [7, 11) is 0. The van der Waals surface area contributed by atoms with Gasteiger partial charge in [-0.15, -0.1) is 0 Å². The van der Waals surface area contributed by atoms with Gasteiger partial charge in [-0.05, 0) is 57.9 Å². The molecule has 0 aromatic heterocycles. The predicted octanol–water partition coefficient (Wildman–Crippen LogP) is 7.31. The summed E-state index contributed by atoms with van der Waals surface area (Å²) in [5, 5.41) is 2.50. The second-order valence-electron chi connectivity index (χ2n) is 7.86. The molecular formula is C28H20ClNO3S. The molecule has 1 aliphatic rings. The number of fused-ring (bicyclic) bond motifs is 1. The highest BCUT2D eigenvalue weighted by Crippen LogP contribution is 2.34. The summed E-state index contributed by atoms with van der Waals surface area (Å²) in [5.41, 5.74) is 2.62. The molecule has 1 saturated heterocycles. The highest BCUT2D eigenvalue weighted by molar-refractivity contribution is 8.18. The number of imide groups is 1. The number of halogens is 1. The SMILES string of the molecule is O=C1S/C(=C\c2cccc(OCc3ccccc3Cl)c2)C(=O)N1Cc1cccc2ccccc12. The summed E-state index contributed by atoms with van der Waals surface area (Å²) in [6.07, 6.45) is 1.73. The maximum absolute atomic E-state index is 13.1. The van der Waals surface area contributed by atoms with Gasteiger partial charge < -0.3 is 4.74 Å². The van der Waals surface area contributed by atoms with Crippen LogP contribution in [0.5, 0.6) is 5.75 Å². The molecule has 1 heterocycles. The van der Waals surface area contributed by atoms with Gasteiger partial charge in [-0.3, -0.25) is 14.5 Å². The smallest absolute Gasteiger partial charge is 0.293 e. The molecular weight excluding hydrogens is 466 g/mol. The van der Waals surface area contributed by atoms with Gasteiger partial charge in [0.25, 0.3) is 11.1 Å². The molecule has 5 rings (SSSR count). The second-order valence-corrected chi connectivity index (χ2v) is 9.26. The molecule has 4 nitrogen and oxygen atoms in total. The van der Waals surface area contributed by atoms with E-state index in [9.17, 15) is 9.59 Å². The lowest BCUT2D eigenvalue weighted by Gasteiger charge is -2.14. The van der Waals surface area contributed by atoms with Crippen molar-refractivity contribution >= 4 is 51.4 Å². The number of hydrogen-bond donors (Lipinski definition) is 0. The van der Waals surface area contributed by atoms with E-state index in [4.69, 9.17) is 16.3 Å². The molecule has 4 aromatic carbocycles. The van der Waals surface area contributed by atoms with Crippen molar-refractivity contribution in [3.05, 3.63) is 118 Å². The van der Waals surface area contributed by atoms with Crippen molar-refractivity contribution in [3.8, 4) is 5.75 Å². The fourth-order valence-corrected chi connectivity index (χ4v) is 4.89. The molecule has 0 spiro atoms. The lowest BCUT2D eigenvalue weighted by Crippen LogP contribution is -2.27. The first-order valence-corrected chi connectivity index (χ1v) is 12.0. The molecule has 0 atom stereocenters. The van der Waals surface area contributed by atoms with Gasteiger partial charge in [-0.25, -0.2) is 0 Å². The zero-order chi connectivity index (χ0) is 23.5. The van der Waals surface area contributed by atoms with E-state index in [0.29, 0.717) is 22.3 Å². The Hall–Kier alpha value is -3.54. The number of carbonyl (C=O) groups excluding carboxylic acids is 2. The first-order chi connectivity index (χ1) is 16.6. The number of carbonyl (C=O) groups is 2. The highest BCUT2D eigenvalue weighted by atomic mass is 35.5. The van der Waals surface area contributed by atoms with Crippen LogP contribution in [0.25, 0.3) is 16.8 Å². The fourth-order valence-electron chi connectivity index (χ4n) is 3.86. The van der Waals surface area contributed by atoms with E-state index >= 15 is 0 Å². The van der Waals surface area contributed by atoms with Crippen LogP contribution in [0.1, 0.15) is 16.7 Å². The maximum Gasteiger partial charge on any atom is 0.293 e. The first kappa shape index (κ1) is 22.3. The summed E-state index contributed by atoms with van der Waals surface area (Å²) < 4.78 is 5.88. The average Bonchev–Trinajstić information content (AvgIpc) is 3.11. The molecule has 1 fully saturated rings. The Morgan fingerprint density at radius 1 is 0.853 bits per heavy atom. The summed E-state index contributed by atoms with van der Waals surface area (Å²) >= 11 is 7.16. The summed E-state index contributed by atoms with van der Waals surface area (Å²) in [5.74, 6) is 0.369. The minimum absolute atomic E-state index is 0.240. The van der Waals surface area contributed by atoms with E-state index in [2.05, 4.69) is 0 Å². The van der Waals surface area contributed by atoms with Gasteiger partial charge in [0.15, 0.2) is 0 Å². The van der Waals surface area contributed by atoms with Crippen LogP contribution < -0.4 is 4.74 Å². The van der Waals surface area contributed by atoms with Crippen molar-refractivity contribution in [2.75, 3.05) is 0 Å². The number of ether oxygens (including phenoxy) is 1. The molecule has 1 aliphatic heterocycles. The normalized spacial score (nSPS) is 14.9. The van der Waals surface area contributed by atoms with Gasteiger partial charge in [-0.1, -0.05) is 84.4 Å². The number of benzene rings is 4. The fraction of sp³-hybridized carbons (Fsp3) is 0.0714. The van der Waals surface area contributed by atoms with Gasteiger partial charge in [0.2, 0.25) is 0 Å². The molecule has 0 bridgehead atoms. The van der Waals surface area contributed by atoms with Crippen LogP contribution in [0.2, 0.25) is 5.02 Å². The molecule has 0 aliphatic carbocycles. The Bertz CT molecular complexity index is 1430. The van der Waals surface area contributed by atoms with Crippen LogP contribution in [-0.2, 0) is 17.9 Å². The highest BCUT2D eigenvalue weighted by Gasteiger charge is 2.35. The van der Waals surface area contributed by atoms with Crippen molar-refractivity contribution in [1.29, 1.82) is 0 Å². The van der Waals surface area contributed by atoms with Crippen LogP contribution in [0.15, 0.2) is 95.9 Å². The van der Waals surface area contributed by atoms with E-state index in [1.807, 2.05) is 91.0 Å². The number of hydrogen-bond acceptors (Lipinski definition) is 4.